The highest BCUT2D eigenvalue weighted by Crippen LogP contribution is 2.14. The molecule has 0 radical (unpaired) electrons. The molecule has 0 aliphatic carbocycles. The van der Waals surface area contributed by atoms with E-state index in [-0.39, 0.29) is 17.9 Å². The number of carbonyl (C=O) groups excluding carboxylic acids is 2. The number of rotatable bonds is 2. The summed E-state index contributed by atoms with van der Waals surface area (Å²) in [5.41, 5.74) is 7.18. The molecule has 2 amide bonds. The summed E-state index contributed by atoms with van der Waals surface area (Å²) in [6.07, 6.45) is 2.41. The van der Waals surface area contributed by atoms with Crippen LogP contribution >= 0.6 is 0 Å². The van der Waals surface area contributed by atoms with Crippen LogP contribution in [0.4, 0.5) is 0 Å². The molecular formula is C14H17N5O2. The van der Waals surface area contributed by atoms with Crippen LogP contribution in [0.2, 0.25) is 0 Å². The molecule has 3 heterocycles. The lowest BCUT2D eigenvalue weighted by atomic mass is 10.3. The van der Waals surface area contributed by atoms with Gasteiger partial charge in [-0.05, 0) is 18.6 Å². The van der Waals surface area contributed by atoms with Crippen molar-refractivity contribution in [1.29, 1.82) is 0 Å². The Bertz CT molecular complexity index is 708. The molecule has 7 heteroatoms. The zero-order valence-electron chi connectivity index (χ0n) is 11.7. The maximum Gasteiger partial charge on any atom is 0.274 e. The molecular weight excluding hydrogens is 270 g/mol. The molecule has 110 valence electrons. The molecule has 1 unspecified atom stereocenters. The number of pyridine rings is 1. The number of nitrogens with two attached hydrogens (primary N) is 1. The largest absolute Gasteiger partial charge is 0.354 e. The number of carbonyl (C=O) groups is 2. The predicted octanol–water partition coefficient (Wildman–Crippen LogP) is -0.133. The second-order valence-electron chi connectivity index (χ2n) is 5.14. The summed E-state index contributed by atoms with van der Waals surface area (Å²) in [5.74, 6) is -0.366. The number of nitrogens with one attached hydrogen (secondary N) is 1. The van der Waals surface area contributed by atoms with Crippen LogP contribution in [-0.2, 0) is 0 Å². The molecule has 2 aromatic rings. The lowest BCUT2D eigenvalue weighted by Crippen LogP contribution is -2.32. The van der Waals surface area contributed by atoms with Crippen LogP contribution in [0.3, 0.4) is 0 Å². The van der Waals surface area contributed by atoms with Crippen molar-refractivity contribution >= 4 is 17.5 Å². The van der Waals surface area contributed by atoms with Crippen LogP contribution in [0.25, 0.3) is 5.65 Å². The maximum atomic E-state index is 12.4. The monoisotopic (exact) mass is 287 g/mol. The van der Waals surface area contributed by atoms with Gasteiger partial charge < -0.3 is 16.0 Å². The molecule has 21 heavy (non-hydrogen) atoms. The van der Waals surface area contributed by atoms with E-state index < -0.39 is 0 Å². The van der Waals surface area contributed by atoms with Gasteiger partial charge in [0.25, 0.3) is 11.8 Å². The van der Waals surface area contributed by atoms with E-state index in [4.69, 9.17) is 5.73 Å². The highest BCUT2D eigenvalue weighted by molar-refractivity contribution is 5.95. The van der Waals surface area contributed by atoms with Crippen molar-refractivity contribution in [3.63, 3.8) is 0 Å². The molecule has 0 aromatic carbocycles. The Kier molecular flexibility index (Phi) is 3.34. The zero-order valence-corrected chi connectivity index (χ0v) is 11.7. The molecule has 1 atom stereocenters. The van der Waals surface area contributed by atoms with E-state index in [0.717, 1.165) is 6.42 Å². The van der Waals surface area contributed by atoms with Gasteiger partial charge in [-0.25, -0.2) is 4.98 Å². The number of likely N-dealkylation sites (tertiary alicyclic amines) is 1. The quantitative estimate of drug-likeness (QED) is 0.804. The third-order valence-electron chi connectivity index (χ3n) is 3.68. The van der Waals surface area contributed by atoms with Crippen LogP contribution in [-0.4, -0.2) is 52.3 Å². The lowest BCUT2D eigenvalue weighted by Gasteiger charge is -2.13. The molecule has 7 nitrogen and oxygen atoms in total. The summed E-state index contributed by atoms with van der Waals surface area (Å²) in [7, 11) is 1.57. The number of aromatic nitrogens is 2. The fourth-order valence-corrected chi connectivity index (χ4v) is 2.56. The fourth-order valence-electron chi connectivity index (χ4n) is 2.56. The van der Waals surface area contributed by atoms with Crippen LogP contribution in [0.5, 0.6) is 0 Å². The highest BCUT2D eigenvalue weighted by Gasteiger charge is 2.26. The summed E-state index contributed by atoms with van der Waals surface area (Å²) in [5, 5.41) is 2.57. The topological polar surface area (TPSA) is 92.7 Å². The summed E-state index contributed by atoms with van der Waals surface area (Å²) >= 11 is 0. The first-order chi connectivity index (χ1) is 10.1. The van der Waals surface area contributed by atoms with E-state index in [1.165, 1.54) is 0 Å². The lowest BCUT2D eigenvalue weighted by molar-refractivity contribution is 0.0785. The van der Waals surface area contributed by atoms with Crippen LogP contribution in [0.15, 0.2) is 24.4 Å². The number of imidazole rings is 1. The third-order valence-corrected chi connectivity index (χ3v) is 3.68. The van der Waals surface area contributed by atoms with E-state index in [1.54, 1.807) is 40.7 Å². The van der Waals surface area contributed by atoms with Crippen LogP contribution in [0.1, 0.15) is 27.4 Å². The average molecular weight is 287 g/mol. The molecule has 3 rings (SSSR count). The van der Waals surface area contributed by atoms with Gasteiger partial charge >= 0.3 is 0 Å². The van der Waals surface area contributed by atoms with E-state index in [1.807, 2.05) is 0 Å². The molecule has 0 saturated carbocycles. The Balaban J connectivity index is 1.97. The molecule has 2 aromatic heterocycles. The Morgan fingerprint density at radius 3 is 2.90 bits per heavy atom. The van der Waals surface area contributed by atoms with Crippen LogP contribution < -0.4 is 11.1 Å². The Hall–Kier alpha value is -2.41. The Morgan fingerprint density at radius 2 is 2.24 bits per heavy atom. The van der Waals surface area contributed by atoms with Gasteiger partial charge in [-0.15, -0.1) is 0 Å². The summed E-state index contributed by atoms with van der Waals surface area (Å²) in [6.45, 7) is 1.20. The number of hydrogen-bond acceptors (Lipinski definition) is 4. The number of amides is 2. The molecule has 1 fully saturated rings. The zero-order chi connectivity index (χ0) is 15.0. The SMILES string of the molecule is CNC(=O)c1cccc2nc(C(=O)N3CCC(N)C3)cn12. The summed E-state index contributed by atoms with van der Waals surface area (Å²) in [6, 6.07) is 5.23. The number of fused-ring (bicyclic) bond motifs is 1. The second kappa shape index (κ2) is 5.17. The van der Waals surface area contributed by atoms with Crippen molar-refractivity contribution in [2.75, 3.05) is 20.1 Å². The number of hydrogen-bond donors (Lipinski definition) is 2. The molecule has 1 aliphatic rings. The van der Waals surface area contributed by atoms with E-state index in [2.05, 4.69) is 10.3 Å². The Morgan fingerprint density at radius 1 is 1.43 bits per heavy atom. The standard InChI is InChI=1S/C14H17N5O2/c1-16-13(20)11-3-2-4-12-17-10(8-19(11)12)14(21)18-6-5-9(15)7-18/h2-4,8-9H,5-7,15H2,1H3,(H,16,20). The van der Waals surface area contributed by atoms with Gasteiger partial charge in [0.15, 0.2) is 0 Å². The van der Waals surface area contributed by atoms with Crippen molar-refractivity contribution in [2.45, 2.75) is 12.5 Å². The normalized spacial score (nSPS) is 18.2. The molecule has 1 aliphatic heterocycles. The van der Waals surface area contributed by atoms with E-state index >= 15 is 0 Å². The highest BCUT2D eigenvalue weighted by atomic mass is 16.2. The fraction of sp³-hybridized carbons (Fsp3) is 0.357. The number of nitrogens with zero attached hydrogens (tertiary/aromatic N) is 3. The van der Waals surface area contributed by atoms with Crippen molar-refractivity contribution in [3.05, 3.63) is 35.8 Å². The minimum Gasteiger partial charge on any atom is -0.354 e. The van der Waals surface area contributed by atoms with E-state index in [9.17, 15) is 9.59 Å². The van der Waals surface area contributed by atoms with Crippen molar-refractivity contribution < 1.29 is 9.59 Å². The first kappa shape index (κ1) is 13.6. The van der Waals surface area contributed by atoms with Crippen LogP contribution in [0, 0.1) is 0 Å². The molecule has 0 bridgehead atoms. The van der Waals surface area contributed by atoms with Gasteiger partial charge in [-0.3, -0.25) is 14.0 Å². The maximum absolute atomic E-state index is 12.4. The Labute approximate surface area is 121 Å². The minimum atomic E-state index is -0.222. The molecule has 3 N–H and O–H groups in total. The van der Waals surface area contributed by atoms with E-state index in [0.29, 0.717) is 30.1 Å². The summed E-state index contributed by atoms with van der Waals surface area (Å²) in [4.78, 5) is 30.3. The smallest absolute Gasteiger partial charge is 0.274 e. The molecule has 1 saturated heterocycles. The van der Waals surface area contributed by atoms with Gasteiger partial charge in [0.2, 0.25) is 0 Å². The second-order valence-corrected chi connectivity index (χ2v) is 5.14. The van der Waals surface area contributed by atoms with Gasteiger partial charge in [0, 0.05) is 32.4 Å². The van der Waals surface area contributed by atoms with Crippen molar-refractivity contribution in [1.82, 2.24) is 19.6 Å². The molecule has 0 spiro atoms. The first-order valence-electron chi connectivity index (χ1n) is 6.85. The first-order valence-corrected chi connectivity index (χ1v) is 6.85. The average Bonchev–Trinajstić information content (AvgIpc) is 3.11. The van der Waals surface area contributed by atoms with Crippen molar-refractivity contribution in [2.24, 2.45) is 5.73 Å². The van der Waals surface area contributed by atoms with Gasteiger partial charge in [-0.2, -0.15) is 0 Å². The van der Waals surface area contributed by atoms with Gasteiger partial charge in [0.1, 0.15) is 17.0 Å². The minimum absolute atomic E-state index is 0.0346. The third kappa shape index (κ3) is 2.36. The predicted molar refractivity (Wildman–Crippen MR) is 77.1 cm³/mol. The van der Waals surface area contributed by atoms with Gasteiger partial charge in [0.05, 0.1) is 0 Å². The van der Waals surface area contributed by atoms with Gasteiger partial charge in [-0.1, -0.05) is 6.07 Å². The van der Waals surface area contributed by atoms with Crippen molar-refractivity contribution in [3.8, 4) is 0 Å². The summed E-state index contributed by atoms with van der Waals surface area (Å²) < 4.78 is 1.63.